The first-order valence-corrected chi connectivity index (χ1v) is 22.5. The Morgan fingerprint density at radius 3 is 1.75 bits per heavy atom. The van der Waals surface area contributed by atoms with Gasteiger partial charge in [0.05, 0.1) is 0 Å². The van der Waals surface area contributed by atoms with Crippen molar-refractivity contribution in [1.29, 1.82) is 0 Å². The van der Waals surface area contributed by atoms with Crippen LogP contribution in [0.1, 0.15) is 26.3 Å². The van der Waals surface area contributed by atoms with Crippen molar-refractivity contribution in [3.8, 4) is 62.1 Å². The molecule has 0 radical (unpaired) electrons. The van der Waals surface area contributed by atoms with Gasteiger partial charge in [0.25, 0.3) is 0 Å². The monoisotopic (exact) mass is 1010 g/mol. The summed E-state index contributed by atoms with van der Waals surface area (Å²) in [6.07, 6.45) is 7.22. The van der Waals surface area contributed by atoms with Gasteiger partial charge in [0.15, 0.2) is 0 Å². The number of benzene rings is 7. The Morgan fingerprint density at radius 1 is 0.469 bits per heavy atom. The molecule has 0 bridgehead atoms. The molecule has 0 aliphatic carbocycles. The molecule has 4 heterocycles. The smallest absolute Gasteiger partial charge is 0.244 e. The standard InChI is InChI=1S/C56H42N6O.Pt/c1-56(2,3)49-32-54(59-35-48(49)40-33-57-36-58-34-40)62-50-25-11-10-22-46(50)47-29-28-43(31-53(47)62)63-42-21-14-20-41(30-42)60-37-61(52-27-13-12-26-51(52)60)55-44(38-16-6-4-7-17-38)23-15-24-45(55)39-18-8-5-9-19-39;/h4-36H,1-3H3;. The summed E-state index contributed by atoms with van der Waals surface area (Å²) in [5, 5.41) is 2.28. The van der Waals surface area contributed by atoms with Gasteiger partial charge >= 0.3 is 294 Å². The summed E-state index contributed by atoms with van der Waals surface area (Å²) < 4.78 is 14.8. The van der Waals surface area contributed by atoms with Crippen LogP contribution in [0, 0.1) is 3.80 Å². The van der Waals surface area contributed by atoms with Gasteiger partial charge in [-0.3, -0.25) is 0 Å². The molecule has 0 atom stereocenters. The van der Waals surface area contributed by atoms with Crippen LogP contribution in [-0.4, -0.2) is 28.7 Å². The molecule has 0 amide bonds. The second-order valence-corrected chi connectivity index (χ2v) is 17.9. The van der Waals surface area contributed by atoms with E-state index in [9.17, 15) is 0 Å². The maximum absolute atomic E-state index is 6.82. The third-order valence-corrected chi connectivity index (χ3v) is 12.9. The first-order valence-electron chi connectivity index (χ1n) is 21.3. The predicted molar refractivity (Wildman–Crippen MR) is 255 cm³/mol. The third kappa shape index (κ3) is 6.90. The van der Waals surface area contributed by atoms with Crippen LogP contribution in [0.5, 0.6) is 11.5 Å². The topological polar surface area (TPSA) is 62.7 Å². The van der Waals surface area contributed by atoms with E-state index in [1.807, 2.05) is 24.7 Å². The molecule has 64 heavy (non-hydrogen) atoms. The van der Waals surface area contributed by atoms with Gasteiger partial charge in [0, 0.05) is 29.7 Å². The minimum atomic E-state index is -0.168. The maximum atomic E-state index is 6.82. The Kier molecular flexibility index (Phi) is 9.86. The van der Waals surface area contributed by atoms with Crippen LogP contribution in [0.3, 0.4) is 0 Å². The number of hydrogen-bond acceptors (Lipinski definition) is 4. The molecule has 312 valence electrons. The first-order chi connectivity index (χ1) is 31.3. The van der Waals surface area contributed by atoms with Crippen LogP contribution in [-0.2, 0) is 24.8 Å². The van der Waals surface area contributed by atoms with Gasteiger partial charge in [0.1, 0.15) is 6.33 Å². The van der Waals surface area contributed by atoms with E-state index in [0.717, 1.165) is 104 Å². The summed E-state index contributed by atoms with van der Waals surface area (Å²) in [5.74, 6) is 2.30. The summed E-state index contributed by atoms with van der Waals surface area (Å²) in [6.45, 7) is 6.69. The Bertz CT molecular complexity index is 3530. The average Bonchev–Trinajstić information content (AvgIpc) is 3.82. The van der Waals surface area contributed by atoms with Crippen LogP contribution >= 0.6 is 0 Å². The Balaban J connectivity index is 1.03. The fourth-order valence-electron chi connectivity index (χ4n) is 8.99. The molecular formula is C56H42N6OPt. The number of nitrogens with zero attached hydrogens (tertiary/aromatic N) is 6. The van der Waals surface area contributed by atoms with E-state index < -0.39 is 0 Å². The molecule has 0 unspecified atom stereocenters. The van der Waals surface area contributed by atoms with E-state index in [2.05, 4.69) is 234 Å². The van der Waals surface area contributed by atoms with Gasteiger partial charge < -0.3 is 0 Å². The molecule has 0 aliphatic heterocycles. The Morgan fingerprint density at radius 2 is 1.06 bits per heavy atom. The van der Waals surface area contributed by atoms with Crippen molar-refractivity contribution in [2.45, 2.75) is 26.2 Å². The fraction of sp³-hybridized carbons (Fsp3) is 0.0714. The molecule has 7 nitrogen and oxygen atoms in total. The van der Waals surface area contributed by atoms with E-state index in [4.69, 9.17) is 9.72 Å². The summed E-state index contributed by atoms with van der Waals surface area (Å²) in [6, 6.07) is 62.0. The van der Waals surface area contributed by atoms with Crippen molar-refractivity contribution >= 4 is 32.8 Å². The second kappa shape index (κ2) is 16.0. The number of pyridine rings is 1. The summed E-state index contributed by atoms with van der Waals surface area (Å²) in [5.41, 5.74) is 14.0. The van der Waals surface area contributed by atoms with E-state index in [1.165, 1.54) is 0 Å². The van der Waals surface area contributed by atoms with Crippen molar-refractivity contribution in [3.63, 3.8) is 0 Å². The predicted octanol–water partition coefficient (Wildman–Crippen LogP) is 13.9. The van der Waals surface area contributed by atoms with Crippen molar-refractivity contribution in [2.24, 2.45) is 0 Å². The van der Waals surface area contributed by atoms with Crippen LogP contribution in [0.4, 0.5) is 0 Å². The van der Waals surface area contributed by atoms with Gasteiger partial charge in [-0.05, 0) is 11.0 Å². The van der Waals surface area contributed by atoms with Gasteiger partial charge in [0.2, 0.25) is 0 Å². The van der Waals surface area contributed by atoms with E-state index in [-0.39, 0.29) is 5.41 Å². The Hall–Kier alpha value is -7.47. The number of fused-ring (bicyclic) bond motifs is 4. The number of imidazole rings is 1. The first kappa shape index (κ1) is 39.4. The van der Waals surface area contributed by atoms with Crippen LogP contribution in [0.25, 0.3) is 83.4 Å². The quantitative estimate of drug-likeness (QED) is 0.152. The normalized spacial score (nSPS) is 11.8. The van der Waals surface area contributed by atoms with Gasteiger partial charge in [-0.1, -0.05) is 32.9 Å². The molecular weight excluding hydrogens is 968 g/mol. The molecule has 7 aromatic carbocycles. The minimum Gasteiger partial charge on any atom is -0.244 e. The molecule has 0 aliphatic rings. The molecule has 0 N–H and O–H groups in total. The van der Waals surface area contributed by atoms with Crippen LogP contribution in [0.15, 0.2) is 201 Å². The molecule has 0 saturated heterocycles. The fourth-order valence-corrected chi connectivity index (χ4v) is 10.1. The molecule has 0 spiro atoms. The number of ether oxygens (including phenoxy) is 1. The van der Waals surface area contributed by atoms with Gasteiger partial charge in [-0.25, -0.2) is 9.97 Å². The molecule has 0 saturated carbocycles. The number of para-hydroxylation sites is 4. The van der Waals surface area contributed by atoms with Crippen LogP contribution < -0.4 is 4.74 Å². The van der Waals surface area contributed by atoms with E-state index >= 15 is 0 Å². The summed E-state index contributed by atoms with van der Waals surface area (Å²) in [4.78, 5) is 13.7. The molecule has 11 aromatic rings. The van der Waals surface area contributed by atoms with Gasteiger partial charge in [-0.15, -0.1) is 0 Å². The summed E-state index contributed by atoms with van der Waals surface area (Å²) in [7, 11) is 0. The van der Waals surface area contributed by atoms with Gasteiger partial charge in [-0.2, -0.15) is 0 Å². The SMILES string of the molecule is CC(C)(C)c1cc(-n2c3ccccc3c3ccc(Oc4cccc(-n5[c](=[Pt])n(-c6c(-c7ccccc7)cccc6-c6ccccc6)c6ccccc65)c4)cc32)ncc1-c1cncnc1. The number of hydrogen-bond donors (Lipinski definition) is 0. The molecule has 4 aromatic heterocycles. The second-order valence-electron chi connectivity index (χ2n) is 16.9. The van der Waals surface area contributed by atoms with E-state index in [1.54, 1.807) is 6.33 Å². The molecule has 8 heteroatoms. The zero-order valence-electron chi connectivity index (χ0n) is 35.5. The van der Waals surface area contributed by atoms with Crippen molar-refractivity contribution in [3.05, 3.63) is 210 Å². The molecule has 11 rings (SSSR count). The zero-order valence-corrected chi connectivity index (χ0v) is 37.7. The van der Waals surface area contributed by atoms with Crippen molar-refractivity contribution < 1.29 is 24.1 Å². The third-order valence-electron chi connectivity index (χ3n) is 11.9. The Labute approximate surface area is 382 Å². The number of rotatable bonds is 8. The van der Waals surface area contributed by atoms with Crippen molar-refractivity contribution in [2.75, 3.05) is 0 Å². The zero-order chi connectivity index (χ0) is 43.4. The summed E-state index contributed by atoms with van der Waals surface area (Å²) >= 11 is 2.49. The van der Waals surface area contributed by atoms with E-state index in [0.29, 0.717) is 0 Å². The average molecular weight is 1010 g/mol. The van der Waals surface area contributed by atoms with Crippen molar-refractivity contribution in [1.82, 2.24) is 28.7 Å². The van der Waals surface area contributed by atoms with Crippen LogP contribution in [0.2, 0.25) is 0 Å². The number of aromatic nitrogens is 6. The minimum absolute atomic E-state index is 0.168. The molecule has 0 fully saturated rings.